The number of amides is 4. The molecule has 1 atom stereocenters. The molecule has 0 saturated carbocycles. The lowest BCUT2D eigenvalue weighted by molar-refractivity contribution is -0.137. The second-order valence-corrected chi connectivity index (χ2v) is 5.98. The van der Waals surface area contributed by atoms with Crippen molar-refractivity contribution in [2.24, 2.45) is 5.11 Å². The first-order valence-corrected chi connectivity index (χ1v) is 8.08. The topological polar surface area (TPSA) is 144 Å². The third-order valence-electron chi connectivity index (χ3n) is 4.36. The molecular formula is C16H16N6O4. The van der Waals surface area contributed by atoms with Gasteiger partial charge in [0.25, 0.3) is 5.91 Å². The van der Waals surface area contributed by atoms with E-state index in [1.165, 1.54) is 4.90 Å². The molecule has 1 saturated heterocycles. The number of azide groups is 1. The summed E-state index contributed by atoms with van der Waals surface area (Å²) < 4.78 is 0. The minimum absolute atomic E-state index is 0.0263. The van der Waals surface area contributed by atoms with Crippen LogP contribution in [0, 0.1) is 0 Å². The summed E-state index contributed by atoms with van der Waals surface area (Å²) in [7, 11) is 0. The number of benzene rings is 1. The normalized spacial score (nSPS) is 18.8. The van der Waals surface area contributed by atoms with Gasteiger partial charge in [-0.3, -0.25) is 24.5 Å². The lowest BCUT2D eigenvalue weighted by Crippen LogP contribution is -2.52. The molecule has 10 heteroatoms. The quantitative estimate of drug-likeness (QED) is 0.352. The first kappa shape index (κ1) is 17.4. The SMILES string of the molecule is [N-]=[N+]=NCCC(=O)Nc1cccc2c1CN(C1CCC(=O)NC1=O)C2=O. The van der Waals surface area contributed by atoms with Crippen LogP contribution in [0.1, 0.15) is 35.2 Å². The van der Waals surface area contributed by atoms with Crippen LogP contribution in [0.25, 0.3) is 10.4 Å². The van der Waals surface area contributed by atoms with E-state index >= 15 is 0 Å². The van der Waals surface area contributed by atoms with Crippen LogP contribution in [-0.4, -0.2) is 41.1 Å². The third-order valence-corrected chi connectivity index (χ3v) is 4.36. The number of carbonyl (C=O) groups is 4. The highest BCUT2D eigenvalue weighted by Gasteiger charge is 2.39. The molecule has 4 amide bonds. The Morgan fingerprint density at radius 3 is 2.92 bits per heavy atom. The van der Waals surface area contributed by atoms with Crippen LogP contribution in [0.2, 0.25) is 0 Å². The molecule has 0 bridgehead atoms. The van der Waals surface area contributed by atoms with Gasteiger partial charge >= 0.3 is 0 Å². The number of fused-ring (bicyclic) bond motifs is 1. The molecule has 2 heterocycles. The average Bonchev–Trinajstić information content (AvgIpc) is 2.93. The van der Waals surface area contributed by atoms with Crippen molar-refractivity contribution in [2.75, 3.05) is 11.9 Å². The molecule has 134 valence electrons. The number of piperidine rings is 1. The van der Waals surface area contributed by atoms with Gasteiger partial charge < -0.3 is 10.2 Å². The van der Waals surface area contributed by atoms with Crippen LogP contribution < -0.4 is 10.6 Å². The lowest BCUT2D eigenvalue weighted by Gasteiger charge is -2.29. The predicted octanol–water partition coefficient (Wildman–Crippen LogP) is 1.09. The van der Waals surface area contributed by atoms with Crippen molar-refractivity contribution in [3.8, 4) is 0 Å². The molecule has 3 rings (SSSR count). The Morgan fingerprint density at radius 2 is 2.19 bits per heavy atom. The van der Waals surface area contributed by atoms with E-state index in [-0.39, 0.29) is 50.1 Å². The van der Waals surface area contributed by atoms with E-state index < -0.39 is 11.9 Å². The summed E-state index contributed by atoms with van der Waals surface area (Å²) in [4.78, 5) is 52.0. The molecule has 2 aliphatic heterocycles. The fourth-order valence-corrected chi connectivity index (χ4v) is 3.11. The maximum Gasteiger partial charge on any atom is 0.255 e. The van der Waals surface area contributed by atoms with Crippen LogP contribution in [-0.2, 0) is 20.9 Å². The van der Waals surface area contributed by atoms with E-state index in [9.17, 15) is 19.2 Å². The van der Waals surface area contributed by atoms with Gasteiger partial charge in [0.05, 0.1) is 0 Å². The van der Waals surface area contributed by atoms with Crippen LogP contribution in [0.3, 0.4) is 0 Å². The van der Waals surface area contributed by atoms with Gasteiger partial charge in [0.15, 0.2) is 0 Å². The monoisotopic (exact) mass is 356 g/mol. The Hall–Kier alpha value is -3.39. The molecule has 0 aliphatic carbocycles. The highest BCUT2D eigenvalue weighted by Crippen LogP contribution is 2.32. The molecule has 1 unspecified atom stereocenters. The molecule has 0 radical (unpaired) electrons. The van der Waals surface area contributed by atoms with Crippen molar-refractivity contribution in [3.63, 3.8) is 0 Å². The van der Waals surface area contributed by atoms with Crippen molar-refractivity contribution in [2.45, 2.75) is 31.8 Å². The van der Waals surface area contributed by atoms with Gasteiger partial charge in [-0.25, -0.2) is 0 Å². The second kappa shape index (κ2) is 7.24. The molecule has 2 N–H and O–H groups in total. The smallest absolute Gasteiger partial charge is 0.255 e. The molecule has 1 aromatic carbocycles. The van der Waals surface area contributed by atoms with E-state index in [4.69, 9.17) is 5.53 Å². The molecule has 1 aromatic rings. The minimum atomic E-state index is -0.707. The van der Waals surface area contributed by atoms with E-state index in [2.05, 4.69) is 20.7 Å². The first-order valence-electron chi connectivity index (χ1n) is 8.08. The Bertz CT molecular complexity index is 845. The Labute approximate surface area is 148 Å². The van der Waals surface area contributed by atoms with Crippen LogP contribution in [0.5, 0.6) is 0 Å². The average molecular weight is 356 g/mol. The fourth-order valence-electron chi connectivity index (χ4n) is 3.11. The minimum Gasteiger partial charge on any atom is -0.326 e. The zero-order valence-electron chi connectivity index (χ0n) is 13.8. The molecule has 1 fully saturated rings. The van der Waals surface area contributed by atoms with E-state index in [0.717, 1.165) is 0 Å². The van der Waals surface area contributed by atoms with Crippen molar-refractivity contribution in [3.05, 3.63) is 39.8 Å². The molecule has 10 nitrogen and oxygen atoms in total. The fraction of sp³-hybridized carbons (Fsp3) is 0.375. The number of carbonyl (C=O) groups excluding carboxylic acids is 4. The molecule has 0 aromatic heterocycles. The van der Waals surface area contributed by atoms with Crippen LogP contribution in [0.4, 0.5) is 5.69 Å². The first-order chi connectivity index (χ1) is 12.5. The summed E-state index contributed by atoms with van der Waals surface area (Å²) in [6.45, 7) is 0.214. The van der Waals surface area contributed by atoms with Crippen LogP contribution >= 0.6 is 0 Å². The highest BCUT2D eigenvalue weighted by molar-refractivity contribution is 6.06. The summed E-state index contributed by atoms with van der Waals surface area (Å²) in [6, 6.07) is 4.25. The Balaban J connectivity index is 1.77. The standard InChI is InChI=1S/C16H16N6O4/c17-21-18-7-6-14(24)19-11-3-1-2-9-10(11)8-22(16(9)26)12-4-5-13(23)20-15(12)25/h1-3,12H,4-8H2,(H,19,24)(H,20,23,25). The summed E-state index contributed by atoms with van der Waals surface area (Å²) in [5.74, 6) is -1.47. The molecule has 2 aliphatic rings. The lowest BCUT2D eigenvalue weighted by atomic mass is 10.0. The maximum atomic E-state index is 12.7. The van der Waals surface area contributed by atoms with Gasteiger partial charge in [-0.2, -0.15) is 0 Å². The Morgan fingerprint density at radius 1 is 1.38 bits per heavy atom. The van der Waals surface area contributed by atoms with Gasteiger partial charge in [-0.15, -0.1) is 0 Å². The highest BCUT2D eigenvalue weighted by atomic mass is 16.2. The largest absolute Gasteiger partial charge is 0.326 e. The summed E-state index contributed by atoms with van der Waals surface area (Å²) in [6.07, 6.45) is 0.482. The third kappa shape index (κ3) is 3.35. The number of imide groups is 1. The number of hydrogen-bond donors (Lipinski definition) is 2. The Kier molecular flexibility index (Phi) is 4.85. The number of nitrogens with one attached hydrogen (secondary N) is 2. The van der Waals surface area contributed by atoms with E-state index in [1.807, 2.05) is 0 Å². The molecule has 26 heavy (non-hydrogen) atoms. The number of anilines is 1. The zero-order chi connectivity index (χ0) is 18.7. The van der Waals surface area contributed by atoms with E-state index in [1.54, 1.807) is 18.2 Å². The van der Waals surface area contributed by atoms with Crippen molar-refractivity contribution in [1.29, 1.82) is 0 Å². The molecular weight excluding hydrogens is 340 g/mol. The van der Waals surface area contributed by atoms with Gasteiger partial charge in [0, 0.05) is 47.7 Å². The van der Waals surface area contributed by atoms with Gasteiger partial charge in [-0.05, 0) is 24.1 Å². The summed E-state index contributed by atoms with van der Waals surface area (Å²) in [5, 5.41) is 8.27. The van der Waals surface area contributed by atoms with Crippen LogP contribution in [0.15, 0.2) is 23.3 Å². The van der Waals surface area contributed by atoms with Gasteiger partial charge in [0.1, 0.15) is 6.04 Å². The second-order valence-electron chi connectivity index (χ2n) is 5.98. The van der Waals surface area contributed by atoms with Gasteiger partial charge in [0.2, 0.25) is 17.7 Å². The number of nitrogens with zero attached hydrogens (tertiary/aromatic N) is 4. The van der Waals surface area contributed by atoms with Crippen molar-refractivity contribution < 1.29 is 19.2 Å². The summed E-state index contributed by atoms with van der Waals surface area (Å²) >= 11 is 0. The zero-order valence-corrected chi connectivity index (χ0v) is 13.8. The molecule has 0 spiro atoms. The number of hydrogen-bond acceptors (Lipinski definition) is 5. The number of rotatable bonds is 5. The van der Waals surface area contributed by atoms with Crippen molar-refractivity contribution in [1.82, 2.24) is 10.2 Å². The van der Waals surface area contributed by atoms with Gasteiger partial charge in [-0.1, -0.05) is 11.2 Å². The maximum absolute atomic E-state index is 12.7. The summed E-state index contributed by atoms with van der Waals surface area (Å²) in [5.41, 5.74) is 9.77. The van der Waals surface area contributed by atoms with Crippen molar-refractivity contribution >= 4 is 29.3 Å². The van der Waals surface area contributed by atoms with E-state index in [0.29, 0.717) is 16.8 Å². The predicted molar refractivity (Wildman–Crippen MR) is 89.7 cm³/mol.